The summed E-state index contributed by atoms with van der Waals surface area (Å²) in [4.78, 5) is 39.4. The quantitative estimate of drug-likeness (QED) is 0.341. The molecule has 0 unspecified atom stereocenters. The number of nitrogens with one attached hydrogen (secondary N) is 1. The van der Waals surface area contributed by atoms with Crippen molar-refractivity contribution in [1.82, 2.24) is 19.4 Å². The molecule has 10 heteroatoms. The molecule has 2 fully saturated rings. The monoisotopic (exact) mass is 556 g/mol. The number of hydrogen-bond acceptors (Lipinski definition) is 7. The lowest BCUT2D eigenvalue weighted by Gasteiger charge is -2.27. The first-order valence-electron chi connectivity index (χ1n) is 13.5. The number of anilines is 2. The third-order valence-electron chi connectivity index (χ3n) is 8.92. The van der Waals surface area contributed by atoms with Gasteiger partial charge < -0.3 is 24.8 Å². The lowest BCUT2D eigenvalue weighted by Crippen LogP contribution is -2.32. The third kappa shape index (κ3) is 3.64. The van der Waals surface area contributed by atoms with Gasteiger partial charge in [0.2, 0.25) is 5.43 Å². The van der Waals surface area contributed by atoms with Gasteiger partial charge in [-0.15, -0.1) is 0 Å². The molecule has 2 saturated heterocycles. The van der Waals surface area contributed by atoms with E-state index in [-0.39, 0.29) is 10.9 Å². The normalized spacial score (nSPS) is 19.6. The topological polar surface area (TPSA) is 104 Å². The van der Waals surface area contributed by atoms with Crippen molar-refractivity contribution in [1.29, 1.82) is 0 Å². The maximum absolute atomic E-state index is 13.2. The molecule has 204 valence electrons. The predicted molar refractivity (Wildman–Crippen MR) is 157 cm³/mol. The van der Waals surface area contributed by atoms with E-state index in [9.17, 15) is 14.7 Å². The van der Waals surface area contributed by atoms with Crippen LogP contribution >= 0.6 is 11.6 Å². The van der Waals surface area contributed by atoms with Crippen LogP contribution in [0.1, 0.15) is 28.0 Å². The molecule has 2 aliphatic heterocycles. The van der Waals surface area contributed by atoms with Crippen molar-refractivity contribution < 1.29 is 9.90 Å². The summed E-state index contributed by atoms with van der Waals surface area (Å²) in [6.07, 6.45) is 6.82. The van der Waals surface area contributed by atoms with Crippen LogP contribution in [0.4, 0.5) is 11.4 Å². The van der Waals surface area contributed by atoms with E-state index in [2.05, 4.69) is 27.1 Å². The predicted octanol–water partition coefficient (Wildman–Crippen LogP) is 4.10. The number of carboxylic acid groups (broad SMARTS) is 1. The summed E-state index contributed by atoms with van der Waals surface area (Å²) < 4.78 is 1.58. The average molecular weight is 557 g/mol. The Hall–Kier alpha value is -3.95. The Bertz CT molecular complexity index is 1800. The summed E-state index contributed by atoms with van der Waals surface area (Å²) in [6.45, 7) is 2.93. The first-order chi connectivity index (χ1) is 19.2. The van der Waals surface area contributed by atoms with E-state index in [1.807, 2.05) is 25.4 Å². The Morgan fingerprint density at radius 1 is 1.12 bits per heavy atom. The van der Waals surface area contributed by atoms with Gasteiger partial charge in [0.15, 0.2) is 0 Å². The number of carbonyl (C=O) groups is 1. The summed E-state index contributed by atoms with van der Waals surface area (Å²) in [5.74, 6) is -0.677. The summed E-state index contributed by atoms with van der Waals surface area (Å²) in [5, 5.41) is 13.8. The number of rotatable bonds is 4. The first kappa shape index (κ1) is 25.0. The smallest absolute Gasteiger partial charge is 0.341 e. The van der Waals surface area contributed by atoms with Gasteiger partial charge in [-0.3, -0.25) is 9.78 Å². The summed E-state index contributed by atoms with van der Waals surface area (Å²) in [5.41, 5.74) is 7.58. The lowest BCUT2D eigenvalue weighted by atomic mass is 9.97. The average Bonchev–Trinajstić information content (AvgIpc) is 3.63. The van der Waals surface area contributed by atoms with Crippen LogP contribution in [0.5, 0.6) is 0 Å². The third-order valence-corrected chi connectivity index (χ3v) is 9.14. The minimum absolute atomic E-state index is 0.269. The number of aromatic carboxylic acids is 1. The highest BCUT2D eigenvalue weighted by atomic mass is 35.5. The fourth-order valence-electron chi connectivity index (χ4n) is 6.96. The van der Waals surface area contributed by atoms with Crippen LogP contribution in [0.15, 0.2) is 41.6 Å². The second-order valence-corrected chi connectivity index (χ2v) is 11.6. The van der Waals surface area contributed by atoms with Crippen molar-refractivity contribution >= 4 is 40.0 Å². The second kappa shape index (κ2) is 9.04. The van der Waals surface area contributed by atoms with Crippen molar-refractivity contribution in [3.05, 3.63) is 68.9 Å². The molecule has 5 heterocycles. The number of nitrogens with zero attached hydrogens (tertiary/aromatic N) is 5. The van der Waals surface area contributed by atoms with Crippen molar-refractivity contribution in [2.75, 3.05) is 43.9 Å². The van der Waals surface area contributed by atoms with Crippen LogP contribution in [0, 0.1) is 5.92 Å². The van der Waals surface area contributed by atoms with E-state index < -0.39 is 11.4 Å². The minimum Gasteiger partial charge on any atom is -0.477 e. The Morgan fingerprint density at radius 3 is 2.70 bits per heavy atom. The lowest BCUT2D eigenvalue weighted by molar-refractivity contribution is 0.0695. The number of pyridine rings is 3. The van der Waals surface area contributed by atoms with Crippen molar-refractivity contribution in [3.63, 3.8) is 0 Å². The second-order valence-electron chi connectivity index (χ2n) is 11.1. The number of hydrogen-bond donors (Lipinski definition) is 2. The maximum Gasteiger partial charge on any atom is 0.341 e. The van der Waals surface area contributed by atoms with Crippen LogP contribution < -0.4 is 15.6 Å². The first-order valence-corrected chi connectivity index (χ1v) is 13.8. The molecule has 0 amide bonds. The molecular formula is C30H29ClN6O3. The van der Waals surface area contributed by atoms with Crippen LogP contribution in [0.25, 0.3) is 33.3 Å². The molecule has 1 aromatic carbocycles. The van der Waals surface area contributed by atoms with Gasteiger partial charge in [-0.1, -0.05) is 11.6 Å². The number of aromatic nitrogens is 3. The highest BCUT2D eigenvalue weighted by molar-refractivity contribution is 6.31. The van der Waals surface area contributed by atoms with Gasteiger partial charge in [-0.25, -0.2) is 9.78 Å². The number of halogens is 1. The van der Waals surface area contributed by atoms with E-state index in [1.54, 1.807) is 23.9 Å². The highest BCUT2D eigenvalue weighted by Crippen LogP contribution is 2.50. The van der Waals surface area contributed by atoms with E-state index in [4.69, 9.17) is 16.6 Å². The van der Waals surface area contributed by atoms with E-state index in [1.165, 1.54) is 11.8 Å². The van der Waals surface area contributed by atoms with Gasteiger partial charge in [0.05, 0.1) is 16.8 Å². The molecule has 2 atom stereocenters. The molecule has 9 nitrogen and oxygen atoms in total. The van der Waals surface area contributed by atoms with Crippen LogP contribution in [-0.2, 0) is 13.5 Å². The molecule has 1 aliphatic carbocycles. The molecule has 0 bridgehead atoms. The molecule has 7 rings (SSSR count). The molecule has 4 aromatic rings. The van der Waals surface area contributed by atoms with Gasteiger partial charge in [-0.05, 0) is 55.3 Å². The molecule has 40 heavy (non-hydrogen) atoms. The fourth-order valence-corrected chi connectivity index (χ4v) is 7.17. The Kier molecular flexibility index (Phi) is 5.66. The fraction of sp³-hybridized carbons (Fsp3) is 0.333. The molecule has 0 saturated carbocycles. The number of carboxylic acids is 1. The van der Waals surface area contributed by atoms with Gasteiger partial charge in [0, 0.05) is 85.6 Å². The standard InChI is InChI=1S/C30H29ClN6O3/c1-32-23-8-17(31)7-19-18(23)9-24-26(19)27(37-12-15-4-5-35(2)25(15)14-37)21(11-33-24)16-6-20-28(38)22(30(39)40)13-36(3)29(20)34-10-16/h6-8,10-11,13,15,25,32H,4-5,9,12,14H2,1-3H3,(H,39,40)/t15-,25+/m0/s1. The number of benzene rings is 1. The van der Waals surface area contributed by atoms with E-state index in [0.29, 0.717) is 29.1 Å². The zero-order valence-corrected chi connectivity index (χ0v) is 23.3. The van der Waals surface area contributed by atoms with Crippen LogP contribution in [-0.4, -0.2) is 70.3 Å². The zero-order chi connectivity index (χ0) is 27.9. The minimum atomic E-state index is -1.26. The van der Waals surface area contributed by atoms with Crippen LogP contribution in [0.3, 0.4) is 0 Å². The molecule has 3 aromatic heterocycles. The highest BCUT2D eigenvalue weighted by Gasteiger charge is 2.42. The zero-order valence-electron chi connectivity index (χ0n) is 22.5. The maximum atomic E-state index is 13.2. The summed E-state index contributed by atoms with van der Waals surface area (Å²) in [7, 11) is 5.80. The Labute approximate surface area is 236 Å². The van der Waals surface area contributed by atoms with Gasteiger partial charge >= 0.3 is 5.97 Å². The van der Waals surface area contributed by atoms with Gasteiger partial charge in [0.25, 0.3) is 0 Å². The number of fused-ring (bicyclic) bond motifs is 5. The van der Waals surface area contributed by atoms with E-state index >= 15 is 0 Å². The van der Waals surface area contributed by atoms with Gasteiger partial charge in [0.1, 0.15) is 11.2 Å². The van der Waals surface area contributed by atoms with Crippen LogP contribution in [0.2, 0.25) is 5.02 Å². The SMILES string of the molecule is CNc1cc(Cl)cc2c1Cc1ncc(-c3cnc4c(c3)c(=O)c(C(=O)O)cn4C)c(N3C[C@@H]4CCN(C)[C@@H]4C3)c1-2. The molecule has 3 aliphatic rings. The number of likely N-dealkylation sites (N-methyl/N-ethyl adjacent to an activating group) is 1. The number of likely N-dealkylation sites (tertiary alicyclic amines) is 1. The summed E-state index contributed by atoms with van der Waals surface area (Å²) in [6, 6.07) is 6.21. The number of aryl methyl sites for hydroxylation is 1. The molecular weight excluding hydrogens is 528 g/mol. The molecule has 0 radical (unpaired) electrons. The molecule has 2 N–H and O–H groups in total. The van der Waals surface area contributed by atoms with E-state index in [0.717, 1.165) is 65.4 Å². The van der Waals surface area contributed by atoms with Gasteiger partial charge in [-0.2, -0.15) is 0 Å². The van der Waals surface area contributed by atoms with Crippen molar-refractivity contribution in [2.45, 2.75) is 18.9 Å². The summed E-state index contributed by atoms with van der Waals surface area (Å²) >= 11 is 6.60. The van der Waals surface area contributed by atoms with Crippen molar-refractivity contribution in [2.24, 2.45) is 13.0 Å². The van der Waals surface area contributed by atoms with Crippen molar-refractivity contribution in [3.8, 4) is 22.3 Å². The Balaban J connectivity index is 1.48. The largest absolute Gasteiger partial charge is 0.477 e. The molecule has 0 spiro atoms. The Morgan fingerprint density at radius 2 is 1.95 bits per heavy atom.